The third kappa shape index (κ3) is 4.06. The first-order valence-corrected chi connectivity index (χ1v) is 7.69. The van der Waals surface area contributed by atoms with Crippen LogP contribution in [-0.4, -0.2) is 16.2 Å². The number of phenolic OH excluding ortho intramolecular Hbond substituents is 1. The van der Waals surface area contributed by atoms with Gasteiger partial charge in [-0.05, 0) is 45.1 Å². The summed E-state index contributed by atoms with van der Waals surface area (Å²) >= 11 is 4.80. The maximum absolute atomic E-state index is 10.9. The van der Waals surface area contributed by atoms with Gasteiger partial charge in [0.05, 0.1) is 16.9 Å². The Morgan fingerprint density at radius 2 is 2.20 bits per heavy atom. The molecule has 0 aliphatic heterocycles. The summed E-state index contributed by atoms with van der Waals surface area (Å²) in [5.41, 5.74) is 0.974. The highest BCUT2D eigenvalue weighted by Gasteiger charge is 2.16. The van der Waals surface area contributed by atoms with E-state index >= 15 is 0 Å². The SMILES string of the molecule is O=C(O)CC(NCc1ccc(O)c(Br)c1)c1cccs1. The molecule has 1 aromatic carbocycles. The zero-order valence-corrected chi connectivity index (χ0v) is 12.9. The highest BCUT2D eigenvalue weighted by atomic mass is 79.9. The number of benzene rings is 1. The third-order valence-electron chi connectivity index (χ3n) is 2.83. The van der Waals surface area contributed by atoms with Crippen LogP contribution in [0.1, 0.15) is 22.9 Å². The molecule has 2 aromatic rings. The number of hydrogen-bond donors (Lipinski definition) is 3. The zero-order valence-electron chi connectivity index (χ0n) is 10.5. The Morgan fingerprint density at radius 3 is 2.80 bits per heavy atom. The van der Waals surface area contributed by atoms with Gasteiger partial charge in [-0.2, -0.15) is 0 Å². The van der Waals surface area contributed by atoms with Crippen molar-refractivity contribution in [1.29, 1.82) is 0 Å². The quantitative estimate of drug-likeness (QED) is 0.741. The van der Waals surface area contributed by atoms with Gasteiger partial charge in [0, 0.05) is 11.4 Å². The monoisotopic (exact) mass is 355 g/mol. The number of hydrogen-bond acceptors (Lipinski definition) is 4. The molecule has 0 aliphatic carbocycles. The van der Waals surface area contributed by atoms with E-state index in [1.54, 1.807) is 12.1 Å². The van der Waals surface area contributed by atoms with E-state index in [1.807, 2.05) is 23.6 Å². The second kappa shape index (κ2) is 6.88. The first-order valence-electron chi connectivity index (χ1n) is 6.02. The summed E-state index contributed by atoms with van der Waals surface area (Å²) in [6, 6.07) is 8.86. The zero-order chi connectivity index (χ0) is 14.5. The van der Waals surface area contributed by atoms with Crippen LogP contribution in [0.5, 0.6) is 5.75 Å². The molecule has 0 fully saturated rings. The van der Waals surface area contributed by atoms with Crippen LogP contribution in [0.3, 0.4) is 0 Å². The van der Waals surface area contributed by atoms with E-state index in [0.29, 0.717) is 11.0 Å². The van der Waals surface area contributed by atoms with Crippen molar-refractivity contribution in [2.75, 3.05) is 0 Å². The molecule has 0 saturated heterocycles. The highest BCUT2D eigenvalue weighted by molar-refractivity contribution is 9.10. The van der Waals surface area contributed by atoms with E-state index in [0.717, 1.165) is 10.4 Å². The van der Waals surface area contributed by atoms with Crippen LogP contribution in [0.2, 0.25) is 0 Å². The van der Waals surface area contributed by atoms with E-state index in [2.05, 4.69) is 21.2 Å². The summed E-state index contributed by atoms with van der Waals surface area (Å²) in [6.07, 6.45) is 0.0414. The van der Waals surface area contributed by atoms with Gasteiger partial charge < -0.3 is 15.5 Å². The second-order valence-corrected chi connectivity index (χ2v) is 6.17. The van der Waals surface area contributed by atoms with Gasteiger partial charge in [0.2, 0.25) is 0 Å². The topological polar surface area (TPSA) is 69.6 Å². The maximum Gasteiger partial charge on any atom is 0.305 e. The molecule has 2 rings (SSSR count). The lowest BCUT2D eigenvalue weighted by atomic mass is 10.1. The normalized spacial score (nSPS) is 12.2. The van der Waals surface area contributed by atoms with Crippen molar-refractivity contribution in [1.82, 2.24) is 5.32 Å². The fourth-order valence-electron chi connectivity index (χ4n) is 1.84. The number of aliphatic carboxylic acids is 1. The molecule has 1 atom stereocenters. The number of carboxylic acid groups (broad SMARTS) is 1. The number of halogens is 1. The standard InChI is InChI=1S/C14H14BrNO3S/c15-10-6-9(3-4-12(10)17)8-16-11(7-14(18)19)13-2-1-5-20-13/h1-6,11,16-17H,7-8H2,(H,18,19). The van der Waals surface area contributed by atoms with Gasteiger partial charge in [-0.3, -0.25) is 4.79 Å². The molecule has 4 nitrogen and oxygen atoms in total. The summed E-state index contributed by atoms with van der Waals surface area (Å²) in [7, 11) is 0. The molecule has 1 aromatic heterocycles. The number of carboxylic acids is 1. The molecule has 0 radical (unpaired) electrons. The minimum Gasteiger partial charge on any atom is -0.507 e. The maximum atomic E-state index is 10.9. The summed E-state index contributed by atoms with van der Waals surface area (Å²) in [5.74, 6) is -0.642. The summed E-state index contributed by atoms with van der Waals surface area (Å²) < 4.78 is 0.628. The number of aromatic hydroxyl groups is 1. The summed E-state index contributed by atoms with van der Waals surface area (Å²) in [4.78, 5) is 11.9. The van der Waals surface area contributed by atoms with Crippen LogP contribution in [-0.2, 0) is 11.3 Å². The molecule has 3 N–H and O–H groups in total. The van der Waals surface area contributed by atoms with Crippen molar-refractivity contribution in [3.8, 4) is 5.75 Å². The summed E-state index contributed by atoms with van der Waals surface area (Å²) in [6.45, 7) is 0.536. The first kappa shape index (κ1) is 15.0. The van der Waals surface area contributed by atoms with Crippen molar-refractivity contribution in [3.63, 3.8) is 0 Å². The lowest BCUT2D eigenvalue weighted by Gasteiger charge is -2.15. The minimum absolute atomic E-state index is 0.0414. The Bertz CT molecular complexity index is 586. The van der Waals surface area contributed by atoms with Crippen LogP contribution < -0.4 is 5.32 Å². The van der Waals surface area contributed by atoms with Gasteiger partial charge in [-0.15, -0.1) is 11.3 Å². The van der Waals surface area contributed by atoms with Gasteiger partial charge in [0.15, 0.2) is 0 Å². The smallest absolute Gasteiger partial charge is 0.305 e. The van der Waals surface area contributed by atoms with Gasteiger partial charge in [-0.25, -0.2) is 0 Å². The predicted molar refractivity (Wildman–Crippen MR) is 82.0 cm³/mol. The lowest BCUT2D eigenvalue weighted by molar-refractivity contribution is -0.137. The molecule has 0 spiro atoms. The summed E-state index contributed by atoms with van der Waals surface area (Å²) in [5, 5.41) is 23.6. The van der Waals surface area contributed by atoms with Crippen LogP contribution in [0.4, 0.5) is 0 Å². The molecule has 1 unspecified atom stereocenters. The van der Waals surface area contributed by atoms with Crippen molar-refractivity contribution < 1.29 is 15.0 Å². The number of rotatable bonds is 6. The Kier molecular flexibility index (Phi) is 5.17. The van der Waals surface area contributed by atoms with Gasteiger partial charge >= 0.3 is 5.97 Å². The Balaban J connectivity index is 2.04. The Hall–Kier alpha value is -1.37. The van der Waals surface area contributed by atoms with E-state index in [1.165, 1.54) is 11.3 Å². The van der Waals surface area contributed by atoms with Crippen LogP contribution in [0.25, 0.3) is 0 Å². The number of carbonyl (C=O) groups is 1. The average Bonchev–Trinajstić information content (AvgIpc) is 2.92. The molecular formula is C14H14BrNO3S. The molecule has 6 heteroatoms. The molecule has 0 aliphatic rings. The van der Waals surface area contributed by atoms with Crippen LogP contribution >= 0.6 is 27.3 Å². The fraction of sp³-hybridized carbons (Fsp3) is 0.214. The van der Waals surface area contributed by atoms with E-state index < -0.39 is 5.97 Å². The largest absolute Gasteiger partial charge is 0.507 e. The molecular weight excluding hydrogens is 342 g/mol. The molecule has 0 amide bonds. The third-order valence-corrected chi connectivity index (χ3v) is 4.45. The van der Waals surface area contributed by atoms with Gasteiger partial charge in [-0.1, -0.05) is 12.1 Å². The molecule has 106 valence electrons. The average molecular weight is 356 g/mol. The van der Waals surface area contributed by atoms with E-state index in [-0.39, 0.29) is 18.2 Å². The predicted octanol–water partition coefficient (Wildman–Crippen LogP) is 3.52. The van der Waals surface area contributed by atoms with E-state index in [9.17, 15) is 9.90 Å². The molecule has 0 saturated carbocycles. The van der Waals surface area contributed by atoms with Crippen molar-refractivity contribution in [2.45, 2.75) is 19.0 Å². The Labute approximate surface area is 129 Å². The number of nitrogens with one attached hydrogen (secondary N) is 1. The van der Waals surface area contributed by atoms with E-state index in [4.69, 9.17) is 5.11 Å². The second-order valence-electron chi connectivity index (χ2n) is 4.33. The highest BCUT2D eigenvalue weighted by Crippen LogP contribution is 2.26. The van der Waals surface area contributed by atoms with Gasteiger partial charge in [0.25, 0.3) is 0 Å². The lowest BCUT2D eigenvalue weighted by Crippen LogP contribution is -2.22. The molecule has 20 heavy (non-hydrogen) atoms. The molecule has 1 heterocycles. The van der Waals surface area contributed by atoms with Crippen LogP contribution in [0.15, 0.2) is 40.2 Å². The minimum atomic E-state index is -0.831. The van der Waals surface area contributed by atoms with Gasteiger partial charge in [0.1, 0.15) is 5.75 Å². The molecule has 0 bridgehead atoms. The number of thiophene rings is 1. The van der Waals surface area contributed by atoms with Crippen LogP contribution in [0, 0.1) is 0 Å². The fourth-order valence-corrected chi connectivity index (χ4v) is 3.07. The first-order chi connectivity index (χ1) is 9.56. The van der Waals surface area contributed by atoms with Crippen molar-refractivity contribution >= 4 is 33.2 Å². The Morgan fingerprint density at radius 1 is 1.40 bits per heavy atom. The van der Waals surface area contributed by atoms with Crippen molar-refractivity contribution in [2.24, 2.45) is 0 Å². The van der Waals surface area contributed by atoms with Crippen molar-refractivity contribution in [3.05, 3.63) is 50.6 Å². The number of phenols is 1.